The summed E-state index contributed by atoms with van der Waals surface area (Å²) in [5, 5.41) is 9.28. The molecule has 0 amide bonds. The molecule has 17 heavy (non-hydrogen) atoms. The molecule has 0 aromatic heterocycles. The Morgan fingerprint density at radius 3 is 2.29 bits per heavy atom. The van der Waals surface area contributed by atoms with Crippen molar-refractivity contribution in [3.63, 3.8) is 0 Å². The van der Waals surface area contributed by atoms with Crippen LogP contribution in [0, 0.1) is 20.8 Å². The van der Waals surface area contributed by atoms with Crippen molar-refractivity contribution >= 4 is 0 Å². The first-order chi connectivity index (χ1) is 7.90. The smallest absolute Gasteiger partial charge is 0.0524 e. The van der Waals surface area contributed by atoms with Crippen LogP contribution in [0.4, 0.5) is 0 Å². The minimum atomic E-state index is -0.210. The van der Waals surface area contributed by atoms with Crippen LogP contribution < -0.4 is 0 Å². The molecule has 0 saturated carbocycles. The van der Waals surface area contributed by atoms with Crippen molar-refractivity contribution in [3.05, 3.63) is 34.4 Å². The van der Waals surface area contributed by atoms with E-state index in [1.54, 1.807) is 0 Å². The molecular formula is C15H25NO. The Labute approximate surface area is 105 Å². The summed E-state index contributed by atoms with van der Waals surface area (Å²) in [6.07, 6.45) is 0.624. The topological polar surface area (TPSA) is 23.5 Å². The van der Waals surface area contributed by atoms with Gasteiger partial charge < -0.3 is 10.0 Å². The predicted molar refractivity (Wildman–Crippen MR) is 73.3 cm³/mol. The summed E-state index contributed by atoms with van der Waals surface area (Å²) in [6, 6.07) is 4.54. The van der Waals surface area contributed by atoms with E-state index >= 15 is 0 Å². The zero-order valence-corrected chi connectivity index (χ0v) is 11.7. The lowest BCUT2D eigenvalue weighted by Crippen LogP contribution is -2.22. The Hall–Kier alpha value is -0.860. The molecule has 96 valence electrons. The molecule has 1 N–H and O–H groups in total. The number of aryl methyl sites for hydroxylation is 3. The molecule has 1 aromatic rings. The van der Waals surface area contributed by atoms with Crippen molar-refractivity contribution < 1.29 is 5.11 Å². The molecule has 1 aromatic carbocycles. The normalized spacial score (nSPS) is 13.1. The van der Waals surface area contributed by atoms with Crippen LogP contribution in [0.25, 0.3) is 0 Å². The Balaban J connectivity index is 2.65. The molecule has 0 aliphatic rings. The Bertz CT molecular complexity index is 371. The SMILES string of the molecule is Cc1cc(C)c(CN(C)CCC(C)O)cc1C. The van der Waals surface area contributed by atoms with Gasteiger partial charge in [-0.05, 0) is 63.4 Å². The van der Waals surface area contributed by atoms with Gasteiger partial charge >= 0.3 is 0 Å². The van der Waals surface area contributed by atoms with Gasteiger partial charge in [0.15, 0.2) is 0 Å². The van der Waals surface area contributed by atoms with Gasteiger partial charge in [-0.15, -0.1) is 0 Å². The predicted octanol–water partition coefficient (Wildman–Crippen LogP) is 2.81. The van der Waals surface area contributed by atoms with E-state index in [0.29, 0.717) is 0 Å². The summed E-state index contributed by atoms with van der Waals surface area (Å²) in [6.45, 7) is 10.2. The molecule has 2 nitrogen and oxygen atoms in total. The monoisotopic (exact) mass is 235 g/mol. The van der Waals surface area contributed by atoms with Crippen LogP contribution in [-0.2, 0) is 6.54 Å². The number of nitrogens with zero attached hydrogens (tertiary/aromatic N) is 1. The zero-order valence-electron chi connectivity index (χ0n) is 11.7. The van der Waals surface area contributed by atoms with Gasteiger partial charge in [0.1, 0.15) is 0 Å². The molecule has 0 saturated heterocycles. The molecular weight excluding hydrogens is 210 g/mol. The van der Waals surface area contributed by atoms with Crippen LogP contribution in [0.15, 0.2) is 12.1 Å². The molecule has 0 spiro atoms. The van der Waals surface area contributed by atoms with Crippen LogP contribution in [0.1, 0.15) is 35.6 Å². The second-order valence-electron chi connectivity index (χ2n) is 5.24. The molecule has 0 aliphatic heterocycles. The number of aliphatic hydroxyl groups excluding tert-OH is 1. The lowest BCUT2D eigenvalue weighted by Gasteiger charge is -2.19. The molecule has 1 atom stereocenters. The number of aliphatic hydroxyl groups is 1. The zero-order chi connectivity index (χ0) is 13.0. The van der Waals surface area contributed by atoms with E-state index in [0.717, 1.165) is 19.5 Å². The molecule has 0 radical (unpaired) electrons. The summed E-state index contributed by atoms with van der Waals surface area (Å²) in [4.78, 5) is 2.27. The molecule has 0 aliphatic carbocycles. The van der Waals surface area contributed by atoms with E-state index in [1.165, 1.54) is 22.3 Å². The Morgan fingerprint density at radius 2 is 1.71 bits per heavy atom. The maximum atomic E-state index is 9.28. The fourth-order valence-electron chi connectivity index (χ4n) is 1.97. The molecule has 0 fully saturated rings. The van der Waals surface area contributed by atoms with Crippen molar-refractivity contribution in [1.82, 2.24) is 4.90 Å². The lowest BCUT2D eigenvalue weighted by molar-refractivity contribution is 0.163. The van der Waals surface area contributed by atoms with Crippen LogP contribution in [-0.4, -0.2) is 29.7 Å². The van der Waals surface area contributed by atoms with Crippen molar-refractivity contribution in [3.8, 4) is 0 Å². The number of hydrogen-bond acceptors (Lipinski definition) is 2. The van der Waals surface area contributed by atoms with Gasteiger partial charge in [0, 0.05) is 13.1 Å². The van der Waals surface area contributed by atoms with Crippen molar-refractivity contribution in [2.24, 2.45) is 0 Å². The summed E-state index contributed by atoms with van der Waals surface area (Å²) >= 11 is 0. The first-order valence-electron chi connectivity index (χ1n) is 6.33. The fourth-order valence-corrected chi connectivity index (χ4v) is 1.97. The quantitative estimate of drug-likeness (QED) is 0.848. The highest BCUT2D eigenvalue weighted by Crippen LogP contribution is 2.16. The van der Waals surface area contributed by atoms with E-state index in [1.807, 2.05) is 6.92 Å². The van der Waals surface area contributed by atoms with Crippen molar-refractivity contribution in [2.45, 2.75) is 46.8 Å². The van der Waals surface area contributed by atoms with Gasteiger partial charge in [0.25, 0.3) is 0 Å². The van der Waals surface area contributed by atoms with Crippen LogP contribution in [0.5, 0.6) is 0 Å². The van der Waals surface area contributed by atoms with E-state index in [-0.39, 0.29) is 6.10 Å². The summed E-state index contributed by atoms with van der Waals surface area (Å²) < 4.78 is 0. The lowest BCUT2D eigenvalue weighted by atomic mass is 10.0. The summed E-state index contributed by atoms with van der Waals surface area (Å²) in [7, 11) is 2.11. The maximum Gasteiger partial charge on any atom is 0.0524 e. The first-order valence-corrected chi connectivity index (χ1v) is 6.33. The van der Waals surface area contributed by atoms with Crippen LogP contribution in [0.3, 0.4) is 0 Å². The minimum absolute atomic E-state index is 0.210. The third-order valence-corrected chi connectivity index (χ3v) is 3.32. The van der Waals surface area contributed by atoms with E-state index < -0.39 is 0 Å². The van der Waals surface area contributed by atoms with E-state index in [9.17, 15) is 5.11 Å². The van der Waals surface area contributed by atoms with Gasteiger partial charge in [0.05, 0.1) is 6.10 Å². The highest BCUT2D eigenvalue weighted by atomic mass is 16.3. The number of rotatable bonds is 5. The largest absolute Gasteiger partial charge is 0.393 e. The number of hydrogen-bond donors (Lipinski definition) is 1. The highest BCUT2D eigenvalue weighted by Gasteiger charge is 2.06. The molecule has 1 unspecified atom stereocenters. The Morgan fingerprint density at radius 1 is 1.12 bits per heavy atom. The first kappa shape index (κ1) is 14.2. The van der Waals surface area contributed by atoms with Crippen molar-refractivity contribution in [2.75, 3.05) is 13.6 Å². The standard InChI is InChI=1S/C15H25NO/c1-11-8-13(3)15(9-12(11)2)10-16(5)7-6-14(4)17/h8-9,14,17H,6-7,10H2,1-5H3. The minimum Gasteiger partial charge on any atom is -0.393 e. The third kappa shape index (κ3) is 4.49. The molecule has 0 bridgehead atoms. The van der Waals surface area contributed by atoms with Gasteiger partial charge in [-0.25, -0.2) is 0 Å². The second kappa shape index (κ2) is 6.18. The molecule has 2 heteroatoms. The van der Waals surface area contributed by atoms with Crippen LogP contribution >= 0.6 is 0 Å². The maximum absolute atomic E-state index is 9.28. The average Bonchev–Trinajstić information content (AvgIpc) is 2.23. The Kier molecular flexibility index (Phi) is 5.16. The fraction of sp³-hybridized carbons (Fsp3) is 0.600. The van der Waals surface area contributed by atoms with Gasteiger partial charge in [-0.2, -0.15) is 0 Å². The van der Waals surface area contributed by atoms with Gasteiger partial charge in [0.2, 0.25) is 0 Å². The summed E-state index contributed by atoms with van der Waals surface area (Å²) in [5.74, 6) is 0. The van der Waals surface area contributed by atoms with Gasteiger partial charge in [-0.1, -0.05) is 12.1 Å². The highest BCUT2D eigenvalue weighted by molar-refractivity contribution is 5.36. The number of benzene rings is 1. The third-order valence-electron chi connectivity index (χ3n) is 3.32. The van der Waals surface area contributed by atoms with E-state index in [2.05, 4.69) is 44.9 Å². The summed E-state index contributed by atoms with van der Waals surface area (Å²) in [5.41, 5.74) is 5.46. The molecule has 1 rings (SSSR count). The van der Waals surface area contributed by atoms with Crippen LogP contribution in [0.2, 0.25) is 0 Å². The van der Waals surface area contributed by atoms with Gasteiger partial charge in [-0.3, -0.25) is 0 Å². The molecule has 0 heterocycles. The van der Waals surface area contributed by atoms with Crippen molar-refractivity contribution in [1.29, 1.82) is 0 Å². The average molecular weight is 235 g/mol. The second-order valence-corrected chi connectivity index (χ2v) is 5.24. The van der Waals surface area contributed by atoms with E-state index in [4.69, 9.17) is 0 Å².